The van der Waals surface area contributed by atoms with Crippen LogP contribution >= 0.6 is 11.6 Å². The maximum absolute atomic E-state index is 12.8. The SMILES string of the molecule is Cn1cncc1CN1CC2CN(C(=O)c3ccc(Cl)o3)CC2(CCC(=O)O)C1. The Hall–Kier alpha value is -2.32. The number of carbonyl (C=O) groups excluding carboxylic acids is 1. The average molecular weight is 407 g/mol. The van der Waals surface area contributed by atoms with E-state index in [9.17, 15) is 14.7 Å². The second kappa shape index (κ2) is 7.25. The molecule has 2 fully saturated rings. The molecule has 0 aromatic carbocycles. The molecule has 8 nitrogen and oxygen atoms in total. The second-order valence-electron chi connectivity index (χ2n) is 7.91. The van der Waals surface area contributed by atoms with Crippen molar-refractivity contribution in [1.82, 2.24) is 19.4 Å². The third kappa shape index (κ3) is 3.54. The lowest BCUT2D eigenvalue weighted by Crippen LogP contribution is -2.37. The van der Waals surface area contributed by atoms with Crippen LogP contribution in [0.1, 0.15) is 29.1 Å². The third-order valence-electron chi connectivity index (χ3n) is 6.04. The number of halogens is 1. The van der Waals surface area contributed by atoms with Gasteiger partial charge in [-0.2, -0.15) is 0 Å². The molecule has 150 valence electrons. The highest BCUT2D eigenvalue weighted by atomic mass is 35.5. The van der Waals surface area contributed by atoms with Gasteiger partial charge in [0, 0.05) is 57.8 Å². The number of likely N-dealkylation sites (tertiary alicyclic amines) is 2. The third-order valence-corrected chi connectivity index (χ3v) is 6.24. The van der Waals surface area contributed by atoms with Crippen LogP contribution < -0.4 is 0 Å². The van der Waals surface area contributed by atoms with Gasteiger partial charge in [0.1, 0.15) is 0 Å². The number of amides is 1. The van der Waals surface area contributed by atoms with Gasteiger partial charge >= 0.3 is 5.97 Å². The van der Waals surface area contributed by atoms with Crippen LogP contribution in [0.15, 0.2) is 29.1 Å². The molecule has 2 unspecified atom stereocenters. The summed E-state index contributed by atoms with van der Waals surface area (Å²) < 4.78 is 7.27. The van der Waals surface area contributed by atoms with Crippen LogP contribution in [0.25, 0.3) is 0 Å². The molecule has 4 heterocycles. The molecule has 2 aliphatic heterocycles. The van der Waals surface area contributed by atoms with Gasteiger partial charge in [-0.15, -0.1) is 0 Å². The molecule has 0 saturated carbocycles. The molecule has 1 amide bonds. The van der Waals surface area contributed by atoms with Gasteiger partial charge in [0.2, 0.25) is 0 Å². The van der Waals surface area contributed by atoms with Crippen molar-refractivity contribution in [2.24, 2.45) is 18.4 Å². The van der Waals surface area contributed by atoms with E-state index in [1.807, 2.05) is 17.8 Å². The van der Waals surface area contributed by atoms with E-state index in [4.69, 9.17) is 16.0 Å². The average Bonchev–Trinajstić information content (AvgIpc) is 3.38. The molecule has 2 aromatic heterocycles. The Labute approximate surface area is 167 Å². The van der Waals surface area contributed by atoms with E-state index in [-0.39, 0.29) is 34.6 Å². The highest BCUT2D eigenvalue weighted by Crippen LogP contribution is 2.46. The minimum atomic E-state index is -0.805. The Morgan fingerprint density at radius 2 is 2.18 bits per heavy atom. The number of furan rings is 1. The van der Waals surface area contributed by atoms with Crippen LogP contribution in [0, 0.1) is 11.3 Å². The molecule has 0 bridgehead atoms. The topological polar surface area (TPSA) is 91.8 Å². The number of aryl methyl sites for hydroxylation is 1. The van der Waals surface area contributed by atoms with Crippen molar-refractivity contribution in [3.63, 3.8) is 0 Å². The van der Waals surface area contributed by atoms with E-state index in [2.05, 4.69) is 9.88 Å². The van der Waals surface area contributed by atoms with E-state index >= 15 is 0 Å². The zero-order valence-corrected chi connectivity index (χ0v) is 16.4. The Balaban J connectivity index is 1.50. The van der Waals surface area contributed by atoms with Crippen molar-refractivity contribution in [3.05, 3.63) is 41.3 Å². The molecule has 0 radical (unpaired) electrons. The van der Waals surface area contributed by atoms with Crippen LogP contribution in [0.2, 0.25) is 5.22 Å². The summed E-state index contributed by atoms with van der Waals surface area (Å²) in [6, 6.07) is 3.14. The fourth-order valence-electron chi connectivity index (χ4n) is 4.63. The Bertz CT molecular complexity index is 894. The highest BCUT2D eigenvalue weighted by Gasteiger charge is 2.53. The van der Waals surface area contributed by atoms with Gasteiger partial charge in [0.15, 0.2) is 11.0 Å². The molecular weight excluding hydrogens is 384 g/mol. The summed E-state index contributed by atoms with van der Waals surface area (Å²) in [5, 5.41) is 9.41. The molecule has 1 N–H and O–H groups in total. The molecular formula is C19H23ClN4O4. The van der Waals surface area contributed by atoms with E-state index in [1.165, 1.54) is 0 Å². The first-order chi connectivity index (χ1) is 13.4. The molecule has 4 rings (SSSR count). The first-order valence-electron chi connectivity index (χ1n) is 9.30. The number of carboxylic acid groups (broad SMARTS) is 1. The van der Waals surface area contributed by atoms with Crippen molar-refractivity contribution in [2.45, 2.75) is 19.4 Å². The van der Waals surface area contributed by atoms with E-state index in [0.717, 1.165) is 25.3 Å². The van der Waals surface area contributed by atoms with Crippen molar-refractivity contribution in [1.29, 1.82) is 0 Å². The Kier molecular flexibility index (Phi) is 4.93. The van der Waals surface area contributed by atoms with Gasteiger partial charge in [-0.25, -0.2) is 4.98 Å². The fraction of sp³-hybridized carbons (Fsp3) is 0.526. The van der Waals surface area contributed by atoms with Crippen molar-refractivity contribution >= 4 is 23.5 Å². The first-order valence-corrected chi connectivity index (χ1v) is 9.68. The summed E-state index contributed by atoms with van der Waals surface area (Å²) in [5.41, 5.74) is 0.898. The minimum Gasteiger partial charge on any atom is -0.481 e. The van der Waals surface area contributed by atoms with E-state index in [0.29, 0.717) is 19.5 Å². The number of hydrogen-bond acceptors (Lipinski definition) is 5. The normalized spacial score (nSPS) is 24.6. The highest BCUT2D eigenvalue weighted by molar-refractivity contribution is 6.29. The second-order valence-corrected chi connectivity index (χ2v) is 8.28. The lowest BCUT2D eigenvalue weighted by molar-refractivity contribution is -0.137. The molecule has 2 aliphatic rings. The van der Waals surface area contributed by atoms with E-state index < -0.39 is 5.97 Å². The molecule has 28 heavy (non-hydrogen) atoms. The largest absolute Gasteiger partial charge is 0.481 e. The summed E-state index contributed by atoms with van der Waals surface area (Å²) in [6.45, 7) is 3.48. The molecule has 0 spiro atoms. The maximum Gasteiger partial charge on any atom is 0.303 e. The number of aromatic nitrogens is 2. The minimum absolute atomic E-state index is 0.102. The standard InChI is InChI=1S/C19H23ClN4O4/c1-22-12-21-6-14(22)9-23-7-13-8-24(18(27)15-2-3-16(20)28-15)11-19(13,10-23)5-4-17(25)26/h2-3,6,12-13H,4-5,7-11H2,1H3,(H,25,26). The first kappa shape index (κ1) is 19.0. The molecule has 0 aliphatic carbocycles. The van der Waals surface area contributed by atoms with Crippen LogP contribution in [0.5, 0.6) is 0 Å². The Morgan fingerprint density at radius 3 is 2.82 bits per heavy atom. The quantitative estimate of drug-likeness (QED) is 0.789. The van der Waals surface area contributed by atoms with Gasteiger partial charge < -0.3 is 19.0 Å². The summed E-state index contributed by atoms with van der Waals surface area (Å²) in [4.78, 5) is 32.3. The number of carboxylic acids is 1. The van der Waals surface area contributed by atoms with Gasteiger partial charge in [0.25, 0.3) is 5.91 Å². The molecule has 9 heteroatoms. The fourth-order valence-corrected chi connectivity index (χ4v) is 4.78. The number of carbonyl (C=O) groups is 2. The predicted molar refractivity (Wildman–Crippen MR) is 101 cm³/mol. The van der Waals surface area contributed by atoms with Crippen LogP contribution in [0.4, 0.5) is 0 Å². The van der Waals surface area contributed by atoms with E-state index in [1.54, 1.807) is 23.4 Å². The van der Waals surface area contributed by atoms with Crippen LogP contribution in [-0.2, 0) is 18.4 Å². The molecule has 2 saturated heterocycles. The number of rotatable bonds is 6. The van der Waals surface area contributed by atoms with Crippen LogP contribution in [0.3, 0.4) is 0 Å². The maximum atomic E-state index is 12.8. The van der Waals surface area contributed by atoms with Crippen molar-refractivity contribution in [3.8, 4) is 0 Å². The van der Waals surface area contributed by atoms with Gasteiger partial charge in [-0.1, -0.05) is 0 Å². The summed E-state index contributed by atoms with van der Waals surface area (Å²) in [7, 11) is 1.97. The monoisotopic (exact) mass is 406 g/mol. The lowest BCUT2D eigenvalue weighted by Gasteiger charge is -2.29. The number of nitrogens with zero attached hydrogens (tertiary/aromatic N) is 4. The number of aliphatic carboxylic acids is 1. The summed E-state index contributed by atoms with van der Waals surface area (Å²) in [5.74, 6) is -0.533. The van der Waals surface area contributed by atoms with Crippen LogP contribution in [-0.4, -0.2) is 62.5 Å². The van der Waals surface area contributed by atoms with Gasteiger partial charge in [0.05, 0.1) is 12.0 Å². The zero-order chi connectivity index (χ0) is 19.9. The number of hydrogen-bond donors (Lipinski definition) is 1. The van der Waals surface area contributed by atoms with Crippen molar-refractivity contribution < 1.29 is 19.1 Å². The Morgan fingerprint density at radius 1 is 1.36 bits per heavy atom. The zero-order valence-electron chi connectivity index (χ0n) is 15.7. The lowest BCUT2D eigenvalue weighted by atomic mass is 9.77. The van der Waals surface area contributed by atoms with Crippen molar-refractivity contribution in [2.75, 3.05) is 26.2 Å². The molecule has 2 aromatic rings. The predicted octanol–water partition coefficient (Wildman–Crippen LogP) is 2.11. The smallest absolute Gasteiger partial charge is 0.303 e. The number of fused-ring (bicyclic) bond motifs is 1. The van der Waals surface area contributed by atoms with Gasteiger partial charge in [-0.05, 0) is 36.1 Å². The molecule has 2 atom stereocenters. The van der Waals surface area contributed by atoms with Gasteiger partial charge in [-0.3, -0.25) is 14.5 Å². The number of imidazole rings is 1. The summed E-state index contributed by atoms with van der Waals surface area (Å²) in [6.07, 6.45) is 4.29. The summed E-state index contributed by atoms with van der Waals surface area (Å²) >= 11 is 5.80.